The molecule has 1 aromatic heterocycles. The summed E-state index contributed by atoms with van der Waals surface area (Å²) in [6, 6.07) is 70.7. The zero-order valence-electron chi connectivity index (χ0n) is 29.9. The van der Waals surface area contributed by atoms with Gasteiger partial charge in [-0.3, -0.25) is 0 Å². The maximum absolute atomic E-state index is 2.43. The minimum absolute atomic E-state index is 0.180. The smallest absolute Gasteiger partial charge is 0.0541 e. The van der Waals surface area contributed by atoms with Crippen molar-refractivity contribution in [1.29, 1.82) is 0 Å². The molecule has 0 atom stereocenters. The predicted octanol–water partition coefficient (Wildman–Crippen LogP) is 13.9. The van der Waals surface area contributed by atoms with Gasteiger partial charge in [0, 0.05) is 38.9 Å². The van der Waals surface area contributed by atoms with Crippen molar-refractivity contribution in [1.82, 2.24) is 4.57 Å². The molecule has 0 saturated heterocycles. The predicted molar refractivity (Wildman–Crippen MR) is 224 cm³/mol. The molecule has 2 heteroatoms. The maximum atomic E-state index is 2.43. The van der Waals surface area contributed by atoms with E-state index in [1.807, 2.05) is 0 Å². The van der Waals surface area contributed by atoms with Gasteiger partial charge in [-0.15, -0.1) is 0 Å². The van der Waals surface area contributed by atoms with Crippen LogP contribution in [0.3, 0.4) is 0 Å². The Hall–Kier alpha value is -6.64. The lowest BCUT2D eigenvalue weighted by Gasteiger charge is -2.28. The van der Waals surface area contributed by atoms with Gasteiger partial charge in [0.1, 0.15) is 0 Å². The lowest BCUT2D eigenvalue weighted by Crippen LogP contribution is -2.16. The summed E-state index contributed by atoms with van der Waals surface area (Å²) in [6.45, 7) is 4.75. The van der Waals surface area contributed by atoms with Crippen LogP contribution in [0.4, 0.5) is 17.1 Å². The number of hydrogen-bond acceptors (Lipinski definition) is 1. The normalized spacial score (nSPS) is 12.9. The van der Waals surface area contributed by atoms with E-state index in [2.05, 4.69) is 217 Å². The molecule has 252 valence electrons. The highest BCUT2D eigenvalue weighted by molar-refractivity contribution is 6.09. The van der Waals surface area contributed by atoms with Crippen molar-refractivity contribution in [2.24, 2.45) is 0 Å². The van der Waals surface area contributed by atoms with E-state index in [1.54, 1.807) is 0 Å². The van der Waals surface area contributed by atoms with E-state index in [1.165, 1.54) is 72.0 Å². The van der Waals surface area contributed by atoms with Crippen molar-refractivity contribution < 1.29 is 0 Å². The SMILES string of the molecule is CC1(C)c2cc(-c3cccc(-n4c5ccccc5c5ccccc54)c3)ccc2-c2ccc(N(c3ccccc3)c3ccc(-c4ccccc4)cc3)cc21. The highest BCUT2D eigenvalue weighted by Gasteiger charge is 2.36. The van der Waals surface area contributed by atoms with Crippen molar-refractivity contribution in [3.63, 3.8) is 0 Å². The molecule has 0 spiro atoms. The number of fused-ring (bicyclic) bond motifs is 6. The second-order valence-electron chi connectivity index (χ2n) is 14.6. The third kappa shape index (κ3) is 5.10. The van der Waals surface area contributed by atoms with Crippen LogP contribution in [0.1, 0.15) is 25.0 Å². The molecule has 0 amide bonds. The Kier molecular flexibility index (Phi) is 7.19. The summed E-state index contributed by atoms with van der Waals surface area (Å²) in [4.78, 5) is 2.37. The number of nitrogens with zero attached hydrogens (tertiary/aromatic N) is 2. The average molecular weight is 679 g/mol. The molecule has 1 heterocycles. The van der Waals surface area contributed by atoms with Crippen LogP contribution >= 0.6 is 0 Å². The third-order valence-electron chi connectivity index (χ3n) is 11.2. The number of hydrogen-bond donors (Lipinski definition) is 0. The molecule has 1 aliphatic rings. The van der Waals surface area contributed by atoms with Crippen LogP contribution in [0.25, 0.3) is 60.9 Å². The van der Waals surface area contributed by atoms with Gasteiger partial charge in [-0.2, -0.15) is 0 Å². The minimum atomic E-state index is -0.180. The number of anilines is 3. The molecule has 0 unspecified atom stereocenters. The second-order valence-corrected chi connectivity index (χ2v) is 14.6. The fraction of sp³-hybridized carbons (Fsp3) is 0.0588. The fourth-order valence-corrected chi connectivity index (χ4v) is 8.53. The van der Waals surface area contributed by atoms with Gasteiger partial charge in [0.05, 0.1) is 11.0 Å². The molecular weight excluding hydrogens is 641 g/mol. The fourth-order valence-electron chi connectivity index (χ4n) is 8.53. The van der Waals surface area contributed by atoms with E-state index in [-0.39, 0.29) is 5.41 Å². The van der Waals surface area contributed by atoms with Crippen LogP contribution in [0, 0.1) is 0 Å². The van der Waals surface area contributed by atoms with Gasteiger partial charge in [0.2, 0.25) is 0 Å². The Morgan fingerprint density at radius 3 is 1.57 bits per heavy atom. The summed E-state index contributed by atoms with van der Waals surface area (Å²) in [7, 11) is 0. The van der Waals surface area contributed by atoms with Crippen LogP contribution < -0.4 is 4.90 Å². The number of para-hydroxylation sites is 3. The molecule has 0 N–H and O–H groups in total. The van der Waals surface area contributed by atoms with Gasteiger partial charge >= 0.3 is 0 Å². The summed E-state index contributed by atoms with van der Waals surface area (Å²) in [5.74, 6) is 0. The molecule has 10 rings (SSSR count). The first-order valence-corrected chi connectivity index (χ1v) is 18.4. The molecular formula is C51H38N2. The summed E-state index contributed by atoms with van der Waals surface area (Å²) in [5, 5.41) is 2.56. The first-order chi connectivity index (χ1) is 26.0. The zero-order valence-corrected chi connectivity index (χ0v) is 29.9. The van der Waals surface area contributed by atoms with Gasteiger partial charge in [-0.25, -0.2) is 0 Å². The number of benzene rings is 8. The lowest BCUT2D eigenvalue weighted by molar-refractivity contribution is 0.660. The lowest BCUT2D eigenvalue weighted by atomic mass is 9.81. The highest BCUT2D eigenvalue weighted by atomic mass is 15.1. The highest BCUT2D eigenvalue weighted by Crippen LogP contribution is 2.51. The van der Waals surface area contributed by atoms with Crippen LogP contribution in [-0.2, 0) is 5.41 Å². The van der Waals surface area contributed by atoms with Gasteiger partial charge in [-0.05, 0) is 111 Å². The second kappa shape index (κ2) is 12.3. The van der Waals surface area contributed by atoms with Crippen LogP contribution in [-0.4, -0.2) is 4.57 Å². The van der Waals surface area contributed by atoms with Crippen molar-refractivity contribution in [2.45, 2.75) is 19.3 Å². The summed E-state index contributed by atoms with van der Waals surface area (Å²) < 4.78 is 2.40. The molecule has 0 fully saturated rings. The molecule has 0 bridgehead atoms. The summed E-state index contributed by atoms with van der Waals surface area (Å²) in [6.07, 6.45) is 0. The van der Waals surface area contributed by atoms with E-state index < -0.39 is 0 Å². The first-order valence-electron chi connectivity index (χ1n) is 18.4. The Morgan fingerprint density at radius 2 is 0.868 bits per heavy atom. The monoisotopic (exact) mass is 678 g/mol. The maximum Gasteiger partial charge on any atom is 0.0541 e. The number of aromatic nitrogens is 1. The molecule has 0 saturated carbocycles. The minimum Gasteiger partial charge on any atom is -0.310 e. The third-order valence-corrected chi connectivity index (χ3v) is 11.2. The Labute approximate surface area is 310 Å². The van der Waals surface area contributed by atoms with Crippen LogP contribution in [0.15, 0.2) is 194 Å². The quantitative estimate of drug-likeness (QED) is 0.170. The van der Waals surface area contributed by atoms with E-state index in [0.717, 1.165) is 17.1 Å². The molecule has 0 aliphatic heterocycles. The van der Waals surface area contributed by atoms with E-state index in [4.69, 9.17) is 0 Å². The van der Waals surface area contributed by atoms with E-state index in [0.29, 0.717) is 0 Å². The van der Waals surface area contributed by atoms with Crippen LogP contribution in [0.2, 0.25) is 0 Å². The van der Waals surface area contributed by atoms with Gasteiger partial charge in [-0.1, -0.05) is 141 Å². The topological polar surface area (TPSA) is 8.17 Å². The standard InChI is InChI=1S/C51H38N2/c1-51(2)47-33-38(37-16-13-19-41(32-37)53-49-22-11-9-20-45(49)46-21-10-12-23-50(46)53)26-30-43(47)44-31-29-42(34-48(44)51)52(39-17-7-4-8-18-39)40-27-24-36(25-28-40)35-14-5-3-6-15-35/h3-34H,1-2H3. The largest absolute Gasteiger partial charge is 0.310 e. The van der Waals surface area contributed by atoms with Crippen LogP contribution in [0.5, 0.6) is 0 Å². The molecule has 8 aromatic carbocycles. The summed E-state index contributed by atoms with van der Waals surface area (Å²) in [5.41, 5.74) is 17.1. The van der Waals surface area contributed by atoms with Gasteiger partial charge in [0.25, 0.3) is 0 Å². The first kappa shape index (κ1) is 31.1. The van der Waals surface area contributed by atoms with Crippen molar-refractivity contribution in [3.05, 3.63) is 205 Å². The molecule has 53 heavy (non-hydrogen) atoms. The number of rotatable bonds is 6. The molecule has 0 radical (unpaired) electrons. The molecule has 2 nitrogen and oxygen atoms in total. The van der Waals surface area contributed by atoms with Crippen molar-refractivity contribution in [3.8, 4) is 39.1 Å². The average Bonchev–Trinajstić information content (AvgIpc) is 3.67. The summed E-state index contributed by atoms with van der Waals surface area (Å²) >= 11 is 0. The Balaban J connectivity index is 1.03. The van der Waals surface area contributed by atoms with E-state index in [9.17, 15) is 0 Å². The molecule has 9 aromatic rings. The zero-order chi connectivity index (χ0) is 35.5. The van der Waals surface area contributed by atoms with Gasteiger partial charge < -0.3 is 9.47 Å². The Bertz CT molecular complexity index is 2740. The Morgan fingerprint density at radius 1 is 0.377 bits per heavy atom. The molecule has 1 aliphatic carbocycles. The van der Waals surface area contributed by atoms with Crippen molar-refractivity contribution >= 4 is 38.9 Å². The van der Waals surface area contributed by atoms with E-state index >= 15 is 0 Å². The van der Waals surface area contributed by atoms with Crippen molar-refractivity contribution in [2.75, 3.05) is 4.90 Å². The van der Waals surface area contributed by atoms with Gasteiger partial charge in [0.15, 0.2) is 0 Å².